The number of benzene rings is 10. The lowest BCUT2D eigenvalue weighted by atomic mass is 9.89. The lowest BCUT2D eigenvalue weighted by molar-refractivity contribution is 1.78. The molecule has 0 N–H and O–H groups in total. The molecule has 0 aliphatic heterocycles. The zero-order valence-corrected chi connectivity index (χ0v) is 21.9. The highest BCUT2D eigenvalue weighted by Crippen LogP contribution is 2.40. The normalized spacial score (nSPS) is 12.0. The van der Waals surface area contributed by atoms with Gasteiger partial charge in [-0.1, -0.05) is 140 Å². The van der Waals surface area contributed by atoms with E-state index in [-0.39, 0.29) is 0 Å². The lowest BCUT2D eigenvalue weighted by Crippen LogP contribution is -1.86. The van der Waals surface area contributed by atoms with E-state index in [0.717, 1.165) is 0 Å². The van der Waals surface area contributed by atoms with Crippen LogP contribution in [0.1, 0.15) is 0 Å². The van der Waals surface area contributed by atoms with E-state index in [1.54, 1.807) is 0 Å². The predicted molar refractivity (Wildman–Crippen MR) is 175 cm³/mol. The van der Waals surface area contributed by atoms with E-state index < -0.39 is 0 Å². The van der Waals surface area contributed by atoms with Crippen LogP contribution in [0.25, 0.3) is 86.2 Å². The molecule has 0 aromatic heterocycles. The van der Waals surface area contributed by atoms with Gasteiger partial charge in [-0.05, 0) is 92.2 Å². The van der Waals surface area contributed by atoms with Crippen molar-refractivity contribution in [2.24, 2.45) is 0 Å². The number of hydrogen-bond acceptors (Lipinski definition) is 0. The molecule has 0 unspecified atom stereocenters. The van der Waals surface area contributed by atoms with E-state index in [1.165, 1.54) is 86.2 Å². The monoisotopic (exact) mass is 504 g/mol. The summed E-state index contributed by atoms with van der Waals surface area (Å²) < 4.78 is 0. The third kappa shape index (κ3) is 2.96. The Morgan fingerprint density at radius 3 is 1.20 bits per heavy atom. The minimum absolute atomic E-state index is 1.32. The highest BCUT2D eigenvalue weighted by atomic mass is 14.2. The van der Waals surface area contributed by atoms with Gasteiger partial charge in [-0.2, -0.15) is 0 Å². The van der Waals surface area contributed by atoms with Crippen LogP contribution >= 0.6 is 0 Å². The van der Waals surface area contributed by atoms with E-state index in [9.17, 15) is 0 Å². The Hall–Kier alpha value is -5.20. The van der Waals surface area contributed by atoms with Crippen LogP contribution in [-0.4, -0.2) is 0 Å². The van der Waals surface area contributed by atoms with Crippen LogP contribution < -0.4 is 0 Å². The zero-order valence-electron chi connectivity index (χ0n) is 21.9. The molecule has 184 valence electrons. The van der Waals surface area contributed by atoms with Gasteiger partial charge < -0.3 is 0 Å². The fraction of sp³-hybridized carbons (Fsp3) is 0. The summed E-state index contributed by atoms with van der Waals surface area (Å²) in [6, 6.07) is 53.0. The molecule has 10 rings (SSSR count). The molecule has 0 heteroatoms. The van der Waals surface area contributed by atoms with Crippen LogP contribution in [0.4, 0.5) is 0 Å². The Morgan fingerprint density at radius 2 is 0.575 bits per heavy atom. The summed E-state index contributed by atoms with van der Waals surface area (Å²) in [5, 5.41) is 21.7. The Morgan fingerprint density at radius 1 is 0.200 bits per heavy atom. The molecule has 0 radical (unpaired) electrons. The SMILES string of the molecule is c1ccc2c(c1)c1cccc3ccc4cccc2c4c31.c1ccc2c(c1)cc1ccc3cccc4ccc2c1c34. The maximum Gasteiger partial charge on any atom is -0.00203 e. The van der Waals surface area contributed by atoms with Crippen molar-refractivity contribution >= 4 is 86.2 Å². The maximum absolute atomic E-state index is 2.31. The maximum atomic E-state index is 2.31. The van der Waals surface area contributed by atoms with Crippen molar-refractivity contribution in [3.05, 3.63) is 146 Å². The Labute approximate surface area is 231 Å². The van der Waals surface area contributed by atoms with Crippen LogP contribution in [0.15, 0.2) is 146 Å². The Balaban J connectivity index is 0.000000115. The van der Waals surface area contributed by atoms with Gasteiger partial charge in [0.2, 0.25) is 0 Å². The van der Waals surface area contributed by atoms with Crippen LogP contribution in [-0.2, 0) is 0 Å². The van der Waals surface area contributed by atoms with Gasteiger partial charge in [-0.25, -0.2) is 0 Å². The van der Waals surface area contributed by atoms with Gasteiger partial charge in [0.15, 0.2) is 0 Å². The average Bonchev–Trinajstić information content (AvgIpc) is 3.03. The Bertz CT molecular complexity index is 2430. The number of rotatable bonds is 0. The molecule has 0 bridgehead atoms. The molecule has 40 heavy (non-hydrogen) atoms. The molecular weight excluding hydrogens is 480 g/mol. The summed E-state index contributed by atoms with van der Waals surface area (Å²) in [6.45, 7) is 0. The molecule has 0 amide bonds. The van der Waals surface area contributed by atoms with E-state index in [1.807, 2.05) is 0 Å². The van der Waals surface area contributed by atoms with Gasteiger partial charge in [-0.15, -0.1) is 0 Å². The highest BCUT2D eigenvalue weighted by molar-refractivity contribution is 6.33. The van der Waals surface area contributed by atoms with E-state index in [4.69, 9.17) is 0 Å². The molecule has 0 heterocycles. The first kappa shape index (κ1) is 21.7. The lowest BCUT2D eigenvalue weighted by Gasteiger charge is -2.14. The fourth-order valence-electron chi connectivity index (χ4n) is 7.05. The molecule has 0 nitrogen and oxygen atoms in total. The van der Waals surface area contributed by atoms with Gasteiger partial charge >= 0.3 is 0 Å². The summed E-state index contributed by atoms with van der Waals surface area (Å²) in [6.07, 6.45) is 0. The van der Waals surface area contributed by atoms with E-state index in [2.05, 4.69) is 146 Å². The summed E-state index contributed by atoms with van der Waals surface area (Å²) >= 11 is 0. The molecular formula is C40H24. The van der Waals surface area contributed by atoms with Crippen LogP contribution in [0, 0.1) is 0 Å². The molecule has 0 aliphatic rings. The summed E-state index contributed by atoms with van der Waals surface area (Å²) in [5.74, 6) is 0. The van der Waals surface area contributed by atoms with Gasteiger partial charge in [0.25, 0.3) is 0 Å². The van der Waals surface area contributed by atoms with Gasteiger partial charge in [0, 0.05) is 0 Å². The minimum Gasteiger partial charge on any atom is -0.0616 e. The first-order chi connectivity index (χ1) is 19.8. The third-order valence-corrected chi connectivity index (χ3v) is 8.76. The standard InChI is InChI=1S/2C20H12/c1-2-8-16-15(7-1)17-9-3-5-13-11-12-14-6-4-10-18(16)20(14)19(13)17;1-2-7-17-15(4-1)12-16-9-8-13-5-3-6-14-10-11-18(17)20(16)19(13)14/h2*1-12H. The molecule has 10 aromatic rings. The minimum atomic E-state index is 1.32. The van der Waals surface area contributed by atoms with Gasteiger partial charge in [0.1, 0.15) is 0 Å². The van der Waals surface area contributed by atoms with Crippen molar-refractivity contribution in [2.75, 3.05) is 0 Å². The molecule has 0 fully saturated rings. The quantitative estimate of drug-likeness (QED) is 0.142. The first-order valence-electron chi connectivity index (χ1n) is 13.9. The number of fused-ring (bicyclic) bond motifs is 5. The second-order valence-corrected chi connectivity index (χ2v) is 10.9. The van der Waals surface area contributed by atoms with Gasteiger partial charge in [-0.3, -0.25) is 0 Å². The third-order valence-electron chi connectivity index (χ3n) is 8.76. The van der Waals surface area contributed by atoms with Crippen LogP contribution in [0.2, 0.25) is 0 Å². The topological polar surface area (TPSA) is 0 Å². The Kier molecular flexibility index (Phi) is 4.42. The largest absolute Gasteiger partial charge is 0.0616 e. The van der Waals surface area contributed by atoms with Crippen molar-refractivity contribution in [3.63, 3.8) is 0 Å². The zero-order chi connectivity index (χ0) is 26.2. The number of hydrogen-bond donors (Lipinski definition) is 0. The highest BCUT2D eigenvalue weighted by Gasteiger charge is 2.12. The van der Waals surface area contributed by atoms with Crippen LogP contribution in [0.3, 0.4) is 0 Å². The first-order valence-corrected chi connectivity index (χ1v) is 13.9. The van der Waals surface area contributed by atoms with Crippen LogP contribution in [0.5, 0.6) is 0 Å². The molecule has 0 aliphatic carbocycles. The molecule has 0 saturated carbocycles. The second kappa shape index (κ2) is 8.15. The van der Waals surface area contributed by atoms with E-state index >= 15 is 0 Å². The van der Waals surface area contributed by atoms with Crippen molar-refractivity contribution < 1.29 is 0 Å². The molecule has 0 atom stereocenters. The van der Waals surface area contributed by atoms with Crippen molar-refractivity contribution in [2.45, 2.75) is 0 Å². The molecule has 10 aromatic carbocycles. The summed E-state index contributed by atoms with van der Waals surface area (Å²) in [7, 11) is 0. The van der Waals surface area contributed by atoms with E-state index in [0.29, 0.717) is 0 Å². The smallest absolute Gasteiger partial charge is 0.00203 e. The van der Waals surface area contributed by atoms with Gasteiger partial charge in [0.05, 0.1) is 0 Å². The molecule has 0 saturated heterocycles. The average molecular weight is 505 g/mol. The van der Waals surface area contributed by atoms with Crippen molar-refractivity contribution in [1.82, 2.24) is 0 Å². The molecule has 0 spiro atoms. The predicted octanol–water partition coefficient (Wildman–Crippen LogP) is 11.5. The summed E-state index contributed by atoms with van der Waals surface area (Å²) in [5.41, 5.74) is 0. The van der Waals surface area contributed by atoms with Crippen molar-refractivity contribution in [1.29, 1.82) is 0 Å². The fourth-order valence-corrected chi connectivity index (χ4v) is 7.05. The summed E-state index contributed by atoms with van der Waals surface area (Å²) in [4.78, 5) is 0. The van der Waals surface area contributed by atoms with Crippen molar-refractivity contribution in [3.8, 4) is 0 Å². The second-order valence-electron chi connectivity index (χ2n) is 10.9.